The van der Waals surface area contributed by atoms with Crippen LogP contribution in [0.15, 0.2) is 54.1 Å². The quantitative estimate of drug-likeness (QED) is 0.269. The van der Waals surface area contributed by atoms with Crippen LogP contribution < -0.4 is 0 Å². The predicted molar refractivity (Wildman–Crippen MR) is 113 cm³/mol. The number of ketones is 1. The molecule has 0 aliphatic carbocycles. The molecule has 0 radical (unpaired) electrons. The summed E-state index contributed by atoms with van der Waals surface area (Å²) in [6, 6.07) is 10.8. The number of rotatable bonds is 8. The van der Waals surface area contributed by atoms with Crippen LogP contribution >= 0.6 is 11.6 Å². The topological polar surface area (TPSA) is 94.9 Å². The van der Waals surface area contributed by atoms with Crippen molar-refractivity contribution in [2.45, 2.75) is 31.7 Å². The number of likely N-dealkylation sites (tertiary alicyclic amines) is 1. The van der Waals surface area contributed by atoms with E-state index >= 15 is 0 Å². The van der Waals surface area contributed by atoms with Gasteiger partial charge in [0.2, 0.25) is 0 Å². The standard InChI is InChI=1S/C23H21ClFNO5/c24-15-11-9-14(10-12-15)21(29)19-20(16-6-3-4-7-17(16)25)26(23(31)22(19)30)13-5-1-2-8-18(27)28/h3-4,6-7,9-12,20,29H,1-2,5,8,13H2,(H,27,28)/t20-/m0/s1. The third kappa shape index (κ3) is 4.94. The van der Waals surface area contributed by atoms with Gasteiger partial charge in [-0.25, -0.2) is 4.39 Å². The van der Waals surface area contributed by atoms with Crippen molar-refractivity contribution >= 4 is 35.0 Å². The molecule has 31 heavy (non-hydrogen) atoms. The number of benzene rings is 2. The van der Waals surface area contributed by atoms with Crippen molar-refractivity contribution in [1.29, 1.82) is 0 Å². The maximum absolute atomic E-state index is 14.7. The minimum atomic E-state index is -1.09. The lowest BCUT2D eigenvalue weighted by atomic mass is 9.95. The molecule has 6 nitrogen and oxygen atoms in total. The molecule has 1 aliphatic heterocycles. The molecule has 1 atom stereocenters. The van der Waals surface area contributed by atoms with Crippen LogP contribution in [0.3, 0.4) is 0 Å². The third-order valence-electron chi connectivity index (χ3n) is 5.15. The summed E-state index contributed by atoms with van der Waals surface area (Å²) in [5, 5.41) is 20.0. The maximum atomic E-state index is 14.7. The van der Waals surface area contributed by atoms with Gasteiger partial charge in [0.15, 0.2) is 0 Å². The fraction of sp³-hybridized carbons (Fsp3) is 0.261. The van der Waals surface area contributed by atoms with Gasteiger partial charge in [0.25, 0.3) is 11.7 Å². The first-order chi connectivity index (χ1) is 14.8. The average molecular weight is 446 g/mol. The number of carbonyl (C=O) groups is 3. The van der Waals surface area contributed by atoms with E-state index in [9.17, 15) is 23.9 Å². The molecule has 0 aromatic heterocycles. The molecule has 1 saturated heterocycles. The normalized spacial score (nSPS) is 17.9. The highest BCUT2D eigenvalue weighted by atomic mass is 35.5. The zero-order valence-electron chi connectivity index (χ0n) is 16.6. The van der Waals surface area contributed by atoms with Crippen LogP contribution in [0.1, 0.15) is 42.9 Å². The zero-order chi connectivity index (χ0) is 22.5. The van der Waals surface area contributed by atoms with E-state index in [2.05, 4.69) is 0 Å². The van der Waals surface area contributed by atoms with E-state index in [-0.39, 0.29) is 29.7 Å². The number of unbranched alkanes of at least 4 members (excludes halogenated alkanes) is 2. The second kappa shape index (κ2) is 9.75. The zero-order valence-corrected chi connectivity index (χ0v) is 17.3. The number of hydrogen-bond acceptors (Lipinski definition) is 4. The first-order valence-corrected chi connectivity index (χ1v) is 10.2. The second-order valence-electron chi connectivity index (χ2n) is 7.23. The summed E-state index contributed by atoms with van der Waals surface area (Å²) in [6.45, 7) is 0.126. The predicted octanol–water partition coefficient (Wildman–Crippen LogP) is 4.55. The molecule has 0 bridgehead atoms. The Morgan fingerprint density at radius 3 is 2.32 bits per heavy atom. The van der Waals surface area contributed by atoms with E-state index in [4.69, 9.17) is 16.7 Å². The second-order valence-corrected chi connectivity index (χ2v) is 7.66. The van der Waals surface area contributed by atoms with Gasteiger partial charge in [-0.15, -0.1) is 0 Å². The number of aliphatic hydroxyl groups excluding tert-OH is 1. The Morgan fingerprint density at radius 1 is 1.00 bits per heavy atom. The minimum absolute atomic E-state index is 0.00608. The third-order valence-corrected chi connectivity index (χ3v) is 5.40. The monoisotopic (exact) mass is 445 g/mol. The van der Waals surface area contributed by atoms with Gasteiger partial charge < -0.3 is 15.1 Å². The molecule has 2 aromatic rings. The van der Waals surface area contributed by atoms with Crippen LogP contribution in [0.5, 0.6) is 0 Å². The fourth-order valence-electron chi connectivity index (χ4n) is 3.63. The van der Waals surface area contributed by atoms with Crippen molar-refractivity contribution in [1.82, 2.24) is 4.90 Å². The van der Waals surface area contributed by atoms with Gasteiger partial charge in [-0.05, 0) is 43.2 Å². The van der Waals surface area contributed by atoms with Gasteiger partial charge >= 0.3 is 5.97 Å². The number of nitrogens with zero attached hydrogens (tertiary/aromatic N) is 1. The molecule has 3 rings (SSSR count). The van der Waals surface area contributed by atoms with E-state index in [0.717, 1.165) is 0 Å². The van der Waals surface area contributed by atoms with Crippen molar-refractivity contribution in [2.24, 2.45) is 0 Å². The van der Waals surface area contributed by atoms with Gasteiger partial charge in [0.1, 0.15) is 11.6 Å². The molecular formula is C23H21ClFNO5. The molecule has 0 unspecified atom stereocenters. The first kappa shape index (κ1) is 22.5. The molecule has 0 spiro atoms. The van der Waals surface area contributed by atoms with E-state index < -0.39 is 35.3 Å². The van der Waals surface area contributed by atoms with Gasteiger partial charge in [-0.1, -0.05) is 36.2 Å². The lowest BCUT2D eigenvalue weighted by Crippen LogP contribution is -2.31. The number of aliphatic hydroxyl groups is 1. The Morgan fingerprint density at radius 2 is 1.68 bits per heavy atom. The summed E-state index contributed by atoms with van der Waals surface area (Å²) in [5.41, 5.74) is 0.191. The van der Waals surface area contributed by atoms with Crippen LogP contribution in [0.25, 0.3) is 5.76 Å². The van der Waals surface area contributed by atoms with Gasteiger partial charge in [0.05, 0.1) is 11.6 Å². The number of carboxylic acid groups (broad SMARTS) is 1. The largest absolute Gasteiger partial charge is 0.507 e. The number of aliphatic carboxylic acids is 1. The number of carbonyl (C=O) groups excluding carboxylic acids is 2. The fourth-order valence-corrected chi connectivity index (χ4v) is 3.76. The summed E-state index contributed by atoms with van der Waals surface area (Å²) in [4.78, 5) is 37.5. The van der Waals surface area contributed by atoms with Crippen LogP contribution in [0.2, 0.25) is 5.02 Å². The summed E-state index contributed by atoms with van der Waals surface area (Å²) in [7, 11) is 0. The van der Waals surface area contributed by atoms with E-state index in [1.165, 1.54) is 47.4 Å². The molecule has 2 N–H and O–H groups in total. The smallest absolute Gasteiger partial charge is 0.303 e. The van der Waals surface area contributed by atoms with Crippen LogP contribution in [0, 0.1) is 5.82 Å². The van der Waals surface area contributed by atoms with Gasteiger partial charge in [0, 0.05) is 29.1 Å². The van der Waals surface area contributed by atoms with Crippen molar-refractivity contribution in [2.75, 3.05) is 6.54 Å². The summed E-state index contributed by atoms with van der Waals surface area (Å²) >= 11 is 5.89. The van der Waals surface area contributed by atoms with E-state index in [1.54, 1.807) is 6.07 Å². The van der Waals surface area contributed by atoms with Crippen LogP contribution in [-0.4, -0.2) is 39.3 Å². The van der Waals surface area contributed by atoms with E-state index in [1.807, 2.05) is 0 Å². The van der Waals surface area contributed by atoms with Crippen molar-refractivity contribution in [3.63, 3.8) is 0 Å². The average Bonchev–Trinajstić information content (AvgIpc) is 2.98. The number of Topliss-reactive ketones (excluding diaryl/α,β-unsaturated/α-hetero) is 1. The summed E-state index contributed by atoms with van der Waals surface area (Å²) in [6.07, 6.45) is 1.39. The van der Waals surface area contributed by atoms with Crippen LogP contribution in [0.4, 0.5) is 4.39 Å². The maximum Gasteiger partial charge on any atom is 0.303 e. The molecule has 162 valence electrons. The Bertz CT molecular complexity index is 1030. The van der Waals surface area contributed by atoms with E-state index in [0.29, 0.717) is 24.3 Å². The highest BCUT2D eigenvalue weighted by molar-refractivity contribution is 6.46. The highest BCUT2D eigenvalue weighted by Crippen LogP contribution is 2.40. The molecular weight excluding hydrogens is 425 g/mol. The summed E-state index contributed by atoms with van der Waals surface area (Å²) in [5.74, 6) is -3.65. The Balaban J connectivity index is 1.99. The molecule has 0 saturated carbocycles. The SMILES string of the molecule is O=C(O)CCCCCN1C(=O)C(=O)C(=C(O)c2ccc(Cl)cc2)[C@@H]1c1ccccc1F. The number of carboxylic acids is 1. The van der Waals surface area contributed by atoms with Crippen molar-refractivity contribution in [3.05, 3.63) is 76.1 Å². The van der Waals surface area contributed by atoms with Crippen molar-refractivity contribution < 1.29 is 29.0 Å². The van der Waals surface area contributed by atoms with Gasteiger partial charge in [-0.3, -0.25) is 14.4 Å². The minimum Gasteiger partial charge on any atom is -0.507 e. The van der Waals surface area contributed by atoms with Gasteiger partial charge in [-0.2, -0.15) is 0 Å². The molecule has 2 aromatic carbocycles. The Kier molecular flexibility index (Phi) is 7.07. The van der Waals surface area contributed by atoms with Crippen molar-refractivity contribution in [3.8, 4) is 0 Å². The molecule has 1 fully saturated rings. The molecule has 1 aliphatic rings. The molecule has 1 heterocycles. The number of halogens is 2. The first-order valence-electron chi connectivity index (χ1n) is 9.82. The molecule has 1 amide bonds. The number of amides is 1. The lowest BCUT2D eigenvalue weighted by Gasteiger charge is -2.25. The lowest BCUT2D eigenvalue weighted by molar-refractivity contribution is -0.140. The Hall–Kier alpha value is -3.19. The molecule has 8 heteroatoms. The summed E-state index contributed by atoms with van der Waals surface area (Å²) < 4.78 is 14.7. The highest BCUT2D eigenvalue weighted by Gasteiger charge is 2.46. The van der Waals surface area contributed by atoms with Crippen LogP contribution in [-0.2, 0) is 14.4 Å². The Labute approximate surface area is 183 Å². The number of hydrogen-bond donors (Lipinski definition) is 2.